The molecule has 32 heavy (non-hydrogen) atoms. The van der Waals surface area contributed by atoms with Crippen LogP contribution >= 0.6 is 15.9 Å². The van der Waals surface area contributed by atoms with E-state index in [4.69, 9.17) is 9.47 Å². The summed E-state index contributed by atoms with van der Waals surface area (Å²) in [4.78, 5) is 15.3. The predicted octanol–water partition coefficient (Wildman–Crippen LogP) is 3.84. The van der Waals surface area contributed by atoms with E-state index in [1.165, 1.54) is 24.6 Å². The van der Waals surface area contributed by atoms with Gasteiger partial charge in [0.05, 0.1) is 14.2 Å². The fraction of sp³-hybridized carbons (Fsp3) is 0.435. The van der Waals surface area contributed by atoms with Crippen LogP contribution in [-0.4, -0.2) is 52.0 Å². The second-order valence-electron chi connectivity index (χ2n) is 8.23. The SMILES string of the molecule is COc1ccc(OC)c(S(=O)(=O)N2CCC(C(=O)N3c4ccc(Br)cc4CC3C)CC2)c1. The van der Waals surface area contributed by atoms with E-state index in [1.807, 2.05) is 17.0 Å². The number of benzene rings is 2. The van der Waals surface area contributed by atoms with Crippen molar-refractivity contribution in [1.29, 1.82) is 0 Å². The van der Waals surface area contributed by atoms with Crippen LogP contribution in [0, 0.1) is 5.92 Å². The molecule has 7 nitrogen and oxygen atoms in total. The van der Waals surface area contributed by atoms with Gasteiger partial charge in [-0.15, -0.1) is 0 Å². The van der Waals surface area contributed by atoms with Crippen LogP contribution in [0.3, 0.4) is 0 Å². The molecule has 0 spiro atoms. The van der Waals surface area contributed by atoms with E-state index in [2.05, 4.69) is 28.9 Å². The predicted molar refractivity (Wildman–Crippen MR) is 126 cm³/mol. The van der Waals surface area contributed by atoms with Crippen molar-refractivity contribution in [1.82, 2.24) is 4.31 Å². The molecule has 2 aromatic rings. The van der Waals surface area contributed by atoms with Crippen LogP contribution in [0.2, 0.25) is 0 Å². The Morgan fingerprint density at radius 2 is 1.78 bits per heavy atom. The van der Waals surface area contributed by atoms with Gasteiger partial charge in [-0.2, -0.15) is 4.31 Å². The number of sulfonamides is 1. The molecule has 172 valence electrons. The number of methoxy groups -OCH3 is 2. The molecular formula is C23H27BrN2O5S. The third-order valence-corrected chi connectivity index (χ3v) is 8.70. The maximum atomic E-state index is 13.4. The Kier molecular flexibility index (Phi) is 6.51. The number of nitrogens with zero attached hydrogens (tertiary/aromatic N) is 2. The largest absolute Gasteiger partial charge is 0.497 e. The topological polar surface area (TPSA) is 76.1 Å². The highest BCUT2D eigenvalue weighted by atomic mass is 79.9. The number of carbonyl (C=O) groups excluding carboxylic acids is 1. The molecule has 1 fully saturated rings. The Morgan fingerprint density at radius 3 is 2.44 bits per heavy atom. The summed E-state index contributed by atoms with van der Waals surface area (Å²) in [6.45, 7) is 2.63. The summed E-state index contributed by atoms with van der Waals surface area (Å²) in [5.41, 5.74) is 2.12. The fourth-order valence-electron chi connectivity index (χ4n) is 4.60. The van der Waals surface area contributed by atoms with Gasteiger partial charge < -0.3 is 14.4 Å². The average molecular weight is 523 g/mol. The van der Waals surface area contributed by atoms with E-state index in [0.717, 1.165) is 22.1 Å². The summed E-state index contributed by atoms with van der Waals surface area (Å²) in [5.74, 6) is 0.598. The lowest BCUT2D eigenvalue weighted by Gasteiger charge is -2.34. The van der Waals surface area contributed by atoms with Crippen molar-refractivity contribution >= 4 is 37.5 Å². The molecule has 2 aliphatic rings. The van der Waals surface area contributed by atoms with Crippen molar-refractivity contribution in [3.8, 4) is 11.5 Å². The highest BCUT2D eigenvalue weighted by Crippen LogP contribution is 2.37. The van der Waals surface area contributed by atoms with Crippen LogP contribution < -0.4 is 14.4 Å². The molecule has 1 atom stereocenters. The Balaban J connectivity index is 1.50. The lowest BCUT2D eigenvalue weighted by Crippen LogP contribution is -2.46. The van der Waals surface area contributed by atoms with Gasteiger partial charge in [0.2, 0.25) is 15.9 Å². The maximum absolute atomic E-state index is 13.4. The molecule has 2 heterocycles. The number of amides is 1. The highest BCUT2D eigenvalue weighted by molar-refractivity contribution is 9.10. The number of carbonyl (C=O) groups is 1. The van der Waals surface area contributed by atoms with Crippen molar-refractivity contribution in [3.05, 3.63) is 46.4 Å². The Labute approximate surface area is 197 Å². The summed E-state index contributed by atoms with van der Waals surface area (Å²) in [5, 5.41) is 0. The monoisotopic (exact) mass is 522 g/mol. The second-order valence-corrected chi connectivity index (χ2v) is 11.1. The van der Waals surface area contributed by atoms with E-state index in [0.29, 0.717) is 18.6 Å². The summed E-state index contributed by atoms with van der Waals surface area (Å²) >= 11 is 3.50. The number of anilines is 1. The molecule has 0 bridgehead atoms. The van der Waals surface area contributed by atoms with Gasteiger partial charge in [-0.25, -0.2) is 8.42 Å². The number of ether oxygens (including phenoxy) is 2. The van der Waals surface area contributed by atoms with E-state index >= 15 is 0 Å². The van der Waals surface area contributed by atoms with Gasteiger partial charge in [0, 0.05) is 41.3 Å². The number of rotatable bonds is 5. The van der Waals surface area contributed by atoms with Gasteiger partial charge in [-0.1, -0.05) is 15.9 Å². The molecule has 1 unspecified atom stereocenters. The first-order chi connectivity index (χ1) is 15.3. The van der Waals surface area contributed by atoms with Crippen molar-refractivity contribution in [2.75, 3.05) is 32.2 Å². The normalized spacial score (nSPS) is 19.6. The van der Waals surface area contributed by atoms with Gasteiger partial charge in [0.1, 0.15) is 16.4 Å². The van der Waals surface area contributed by atoms with Crippen molar-refractivity contribution in [2.45, 2.75) is 37.1 Å². The number of hydrogen-bond acceptors (Lipinski definition) is 5. The number of halogens is 1. The quantitative estimate of drug-likeness (QED) is 0.596. The molecule has 1 amide bonds. The second kappa shape index (κ2) is 9.03. The number of piperidine rings is 1. The van der Waals surface area contributed by atoms with E-state index < -0.39 is 10.0 Å². The molecular weight excluding hydrogens is 496 g/mol. The first-order valence-corrected chi connectivity index (χ1v) is 12.8. The lowest BCUT2D eigenvalue weighted by atomic mass is 9.96. The van der Waals surface area contributed by atoms with Crippen molar-refractivity contribution in [2.24, 2.45) is 5.92 Å². The van der Waals surface area contributed by atoms with Gasteiger partial charge in [-0.3, -0.25) is 4.79 Å². The van der Waals surface area contributed by atoms with Crippen LogP contribution in [0.15, 0.2) is 45.8 Å². The minimum Gasteiger partial charge on any atom is -0.497 e. The molecule has 1 saturated heterocycles. The minimum atomic E-state index is -3.77. The number of hydrogen-bond donors (Lipinski definition) is 0. The Bertz CT molecular complexity index is 1130. The molecule has 9 heteroatoms. The van der Waals surface area contributed by atoms with Crippen molar-refractivity contribution in [3.63, 3.8) is 0 Å². The zero-order valence-electron chi connectivity index (χ0n) is 18.4. The standard InChI is InChI=1S/C23H27BrN2O5S/c1-15-12-17-13-18(24)4-6-20(17)26(15)23(27)16-8-10-25(11-9-16)32(28,29)22-14-19(30-2)5-7-21(22)31-3/h4-7,13-16H,8-12H2,1-3H3. The van der Waals surface area contributed by atoms with E-state index in [-0.39, 0.29) is 41.6 Å². The first kappa shape index (κ1) is 23.1. The van der Waals surface area contributed by atoms with Gasteiger partial charge in [0.15, 0.2) is 0 Å². The fourth-order valence-corrected chi connectivity index (χ4v) is 6.65. The molecule has 0 aliphatic carbocycles. The lowest BCUT2D eigenvalue weighted by molar-refractivity contribution is -0.123. The molecule has 0 aromatic heterocycles. The highest BCUT2D eigenvalue weighted by Gasteiger charge is 2.39. The zero-order chi connectivity index (χ0) is 23.0. The summed E-state index contributed by atoms with van der Waals surface area (Å²) in [6.07, 6.45) is 1.79. The zero-order valence-corrected chi connectivity index (χ0v) is 20.8. The summed E-state index contributed by atoms with van der Waals surface area (Å²) < 4.78 is 39.5. The van der Waals surface area contributed by atoms with E-state index in [1.54, 1.807) is 12.1 Å². The maximum Gasteiger partial charge on any atom is 0.246 e. The van der Waals surface area contributed by atoms with Crippen LogP contribution in [0.4, 0.5) is 5.69 Å². The molecule has 0 radical (unpaired) electrons. The van der Waals surface area contributed by atoms with Crippen LogP contribution in [0.25, 0.3) is 0 Å². The molecule has 2 aromatic carbocycles. The van der Waals surface area contributed by atoms with Crippen LogP contribution in [-0.2, 0) is 21.2 Å². The minimum absolute atomic E-state index is 0.0783. The van der Waals surface area contributed by atoms with Gasteiger partial charge in [-0.05, 0) is 62.1 Å². The third kappa shape index (κ3) is 4.13. The molecule has 0 saturated carbocycles. The number of fused-ring (bicyclic) bond motifs is 1. The Morgan fingerprint density at radius 1 is 1.06 bits per heavy atom. The van der Waals surface area contributed by atoms with Crippen LogP contribution in [0.1, 0.15) is 25.3 Å². The third-order valence-electron chi connectivity index (χ3n) is 6.29. The van der Waals surface area contributed by atoms with Crippen molar-refractivity contribution < 1.29 is 22.7 Å². The molecule has 4 rings (SSSR count). The smallest absolute Gasteiger partial charge is 0.246 e. The molecule has 0 N–H and O–H groups in total. The van der Waals surface area contributed by atoms with Gasteiger partial charge >= 0.3 is 0 Å². The Hall–Kier alpha value is -2.10. The summed E-state index contributed by atoms with van der Waals surface area (Å²) in [6, 6.07) is 10.8. The molecule has 2 aliphatic heterocycles. The average Bonchev–Trinajstić information content (AvgIpc) is 3.12. The van der Waals surface area contributed by atoms with Crippen LogP contribution in [0.5, 0.6) is 11.5 Å². The summed E-state index contributed by atoms with van der Waals surface area (Å²) in [7, 11) is -0.836. The van der Waals surface area contributed by atoms with Gasteiger partial charge in [0.25, 0.3) is 0 Å². The van der Waals surface area contributed by atoms with E-state index in [9.17, 15) is 13.2 Å². The first-order valence-electron chi connectivity index (χ1n) is 10.6.